The molecule has 0 aromatic heterocycles. The Kier molecular flexibility index (Phi) is 5.05. The Labute approximate surface area is 132 Å². The number of esters is 1. The first-order chi connectivity index (χ1) is 10.8. The standard InChI is InChI=1S/C17H15F2NO3/c1-10-5-11(2)7-12(6-10)17(22)23-9-16(21)20-15-4-3-13(18)8-14(15)19/h3-8H,9H2,1-2H3,(H,20,21). The van der Waals surface area contributed by atoms with E-state index in [2.05, 4.69) is 5.32 Å². The molecule has 1 amide bonds. The zero-order valence-electron chi connectivity index (χ0n) is 12.7. The monoisotopic (exact) mass is 319 g/mol. The zero-order valence-corrected chi connectivity index (χ0v) is 12.7. The molecule has 0 aliphatic carbocycles. The van der Waals surface area contributed by atoms with Crippen LogP contribution >= 0.6 is 0 Å². The van der Waals surface area contributed by atoms with Gasteiger partial charge in [0, 0.05) is 6.07 Å². The fourth-order valence-electron chi connectivity index (χ4n) is 2.08. The molecule has 0 aliphatic heterocycles. The van der Waals surface area contributed by atoms with Crippen molar-refractivity contribution in [3.05, 3.63) is 64.7 Å². The highest BCUT2D eigenvalue weighted by Gasteiger charge is 2.13. The number of hydrogen-bond donors (Lipinski definition) is 1. The molecule has 0 unspecified atom stereocenters. The smallest absolute Gasteiger partial charge is 0.338 e. The van der Waals surface area contributed by atoms with Gasteiger partial charge in [-0.25, -0.2) is 13.6 Å². The summed E-state index contributed by atoms with van der Waals surface area (Å²) in [6, 6.07) is 7.95. The van der Waals surface area contributed by atoms with Gasteiger partial charge in [-0.1, -0.05) is 17.2 Å². The van der Waals surface area contributed by atoms with Crippen molar-refractivity contribution in [1.29, 1.82) is 0 Å². The molecule has 6 heteroatoms. The maximum Gasteiger partial charge on any atom is 0.338 e. The lowest BCUT2D eigenvalue weighted by Crippen LogP contribution is -2.21. The molecule has 0 atom stereocenters. The van der Waals surface area contributed by atoms with Crippen molar-refractivity contribution in [1.82, 2.24) is 0 Å². The van der Waals surface area contributed by atoms with Crippen molar-refractivity contribution < 1.29 is 23.1 Å². The molecule has 0 fully saturated rings. The molecule has 23 heavy (non-hydrogen) atoms. The van der Waals surface area contributed by atoms with E-state index < -0.39 is 30.1 Å². The second-order valence-corrected chi connectivity index (χ2v) is 5.12. The average Bonchev–Trinajstić information content (AvgIpc) is 2.46. The van der Waals surface area contributed by atoms with Crippen molar-refractivity contribution in [3.8, 4) is 0 Å². The van der Waals surface area contributed by atoms with Gasteiger partial charge in [-0.2, -0.15) is 0 Å². The number of hydrogen-bond acceptors (Lipinski definition) is 3. The van der Waals surface area contributed by atoms with Gasteiger partial charge in [-0.15, -0.1) is 0 Å². The van der Waals surface area contributed by atoms with Crippen LogP contribution in [0.2, 0.25) is 0 Å². The maximum atomic E-state index is 13.4. The lowest BCUT2D eigenvalue weighted by Gasteiger charge is -2.08. The van der Waals surface area contributed by atoms with Crippen molar-refractivity contribution >= 4 is 17.6 Å². The average molecular weight is 319 g/mol. The third kappa shape index (κ3) is 4.60. The van der Waals surface area contributed by atoms with Gasteiger partial charge in [0.05, 0.1) is 11.3 Å². The molecule has 0 spiro atoms. The van der Waals surface area contributed by atoms with Gasteiger partial charge in [0.2, 0.25) is 0 Å². The molecule has 0 saturated carbocycles. The van der Waals surface area contributed by atoms with Gasteiger partial charge in [-0.05, 0) is 38.1 Å². The maximum absolute atomic E-state index is 13.4. The minimum absolute atomic E-state index is 0.182. The largest absolute Gasteiger partial charge is 0.452 e. The molecule has 0 radical (unpaired) electrons. The molecule has 0 saturated heterocycles. The van der Waals surface area contributed by atoms with Crippen molar-refractivity contribution in [2.45, 2.75) is 13.8 Å². The molecule has 120 valence electrons. The Hall–Kier alpha value is -2.76. The summed E-state index contributed by atoms with van der Waals surface area (Å²) in [5.74, 6) is -3.01. The highest BCUT2D eigenvalue weighted by Crippen LogP contribution is 2.15. The number of ether oxygens (including phenoxy) is 1. The van der Waals surface area contributed by atoms with Gasteiger partial charge in [-0.3, -0.25) is 4.79 Å². The van der Waals surface area contributed by atoms with E-state index in [-0.39, 0.29) is 5.69 Å². The van der Waals surface area contributed by atoms with E-state index in [0.29, 0.717) is 11.6 Å². The molecule has 2 aromatic carbocycles. The number of nitrogens with one attached hydrogen (secondary N) is 1. The van der Waals surface area contributed by atoms with Crippen LogP contribution < -0.4 is 5.32 Å². The lowest BCUT2D eigenvalue weighted by atomic mass is 10.1. The quantitative estimate of drug-likeness (QED) is 0.879. The summed E-state index contributed by atoms with van der Waals surface area (Å²) in [4.78, 5) is 23.6. The van der Waals surface area contributed by atoms with Crippen LogP contribution in [0.25, 0.3) is 0 Å². The Balaban J connectivity index is 1.94. The van der Waals surface area contributed by atoms with Crippen LogP contribution in [0.1, 0.15) is 21.5 Å². The highest BCUT2D eigenvalue weighted by molar-refractivity contribution is 5.95. The fraction of sp³-hybridized carbons (Fsp3) is 0.176. The first-order valence-corrected chi connectivity index (χ1v) is 6.85. The summed E-state index contributed by atoms with van der Waals surface area (Å²) in [6.07, 6.45) is 0. The number of anilines is 1. The third-order valence-electron chi connectivity index (χ3n) is 3.00. The highest BCUT2D eigenvalue weighted by atomic mass is 19.1. The minimum atomic E-state index is -0.904. The predicted octanol–water partition coefficient (Wildman–Crippen LogP) is 3.38. The number of benzene rings is 2. The van der Waals surface area contributed by atoms with E-state index in [0.717, 1.165) is 23.3 Å². The van der Waals surface area contributed by atoms with Crippen LogP contribution in [-0.2, 0) is 9.53 Å². The molecule has 4 nitrogen and oxygen atoms in total. The zero-order chi connectivity index (χ0) is 17.0. The van der Waals surface area contributed by atoms with Gasteiger partial charge in [0.25, 0.3) is 5.91 Å². The van der Waals surface area contributed by atoms with E-state index in [1.54, 1.807) is 12.1 Å². The van der Waals surface area contributed by atoms with Gasteiger partial charge < -0.3 is 10.1 Å². The van der Waals surface area contributed by atoms with Crippen LogP contribution in [0.5, 0.6) is 0 Å². The number of amides is 1. The minimum Gasteiger partial charge on any atom is -0.452 e. The summed E-state index contributed by atoms with van der Waals surface area (Å²) in [5, 5.41) is 2.21. The predicted molar refractivity (Wildman–Crippen MR) is 81.2 cm³/mol. The lowest BCUT2D eigenvalue weighted by molar-refractivity contribution is -0.119. The van der Waals surface area contributed by atoms with Crippen LogP contribution in [0.15, 0.2) is 36.4 Å². The second-order valence-electron chi connectivity index (χ2n) is 5.12. The molecule has 0 heterocycles. The number of halogens is 2. The van der Waals surface area contributed by atoms with E-state index in [1.807, 2.05) is 19.9 Å². The van der Waals surface area contributed by atoms with Crippen LogP contribution in [0, 0.1) is 25.5 Å². The van der Waals surface area contributed by atoms with Gasteiger partial charge >= 0.3 is 5.97 Å². The van der Waals surface area contributed by atoms with Crippen LogP contribution in [0.3, 0.4) is 0 Å². The normalized spacial score (nSPS) is 10.3. The van der Waals surface area contributed by atoms with Crippen molar-refractivity contribution in [2.75, 3.05) is 11.9 Å². The topological polar surface area (TPSA) is 55.4 Å². The van der Waals surface area contributed by atoms with Crippen molar-refractivity contribution in [2.24, 2.45) is 0 Å². The molecule has 0 aliphatic rings. The Bertz CT molecular complexity index is 739. The Morgan fingerprint density at radius 1 is 1.04 bits per heavy atom. The molecular weight excluding hydrogens is 304 g/mol. The number of aryl methyl sites for hydroxylation is 2. The summed E-state index contributed by atoms with van der Waals surface area (Å²) in [6.45, 7) is 3.12. The van der Waals surface area contributed by atoms with E-state index >= 15 is 0 Å². The second kappa shape index (κ2) is 7.00. The number of rotatable bonds is 4. The van der Waals surface area contributed by atoms with E-state index in [9.17, 15) is 18.4 Å². The third-order valence-corrected chi connectivity index (χ3v) is 3.00. The number of carbonyl (C=O) groups is 2. The van der Waals surface area contributed by atoms with Gasteiger partial charge in [0.15, 0.2) is 6.61 Å². The molecule has 2 rings (SSSR count). The molecule has 0 bridgehead atoms. The van der Waals surface area contributed by atoms with Crippen molar-refractivity contribution in [3.63, 3.8) is 0 Å². The molecule has 1 N–H and O–H groups in total. The summed E-state index contributed by atoms with van der Waals surface area (Å²) in [7, 11) is 0. The first kappa shape index (κ1) is 16.6. The fourth-order valence-corrected chi connectivity index (χ4v) is 2.08. The van der Waals surface area contributed by atoms with Crippen LogP contribution in [-0.4, -0.2) is 18.5 Å². The SMILES string of the molecule is Cc1cc(C)cc(C(=O)OCC(=O)Nc2ccc(F)cc2F)c1. The summed E-state index contributed by atoms with van der Waals surface area (Å²) >= 11 is 0. The summed E-state index contributed by atoms with van der Waals surface area (Å²) in [5.41, 5.74) is 1.95. The van der Waals surface area contributed by atoms with Gasteiger partial charge in [0.1, 0.15) is 11.6 Å². The summed E-state index contributed by atoms with van der Waals surface area (Å²) < 4.78 is 31.1. The van der Waals surface area contributed by atoms with E-state index in [4.69, 9.17) is 4.74 Å². The van der Waals surface area contributed by atoms with E-state index in [1.165, 1.54) is 0 Å². The Morgan fingerprint density at radius 3 is 2.30 bits per heavy atom. The Morgan fingerprint density at radius 2 is 1.70 bits per heavy atom. The first-order valence-electron chi connectivity index (χ1n) is 6.85. The van der Waals surface area contributed by atoms with Crippen LogP contribution in [0.4, 0.5) is 14.5 Å². The molecule has 2 aromatic rings. The number of carbonyl (C=O) groups excluding carboxylic acids is 2. The molecular formula is C17H15F2NO3.